The summed E-state index contributed by atoms with van der Waals surface area (Å²) in [6, 6.07) is 18.3. The maximum Gasteiger partial charge on any atom is 0.100 e. The summed E-state index contributed by atoms with van der Waals surface area (Å²) >= 11 is 5.98. The quantitative estimate of drug-likeness (QED) is 0.695. The highest BCUT2D eigenvalue weighted by molar-refractivity contribution is 6.30. The summed E-state index contributed by atoms with van der Waals surface area (Å²) in [6.07, 6.45) is 1.94. The zero-order valence-electron chi connectivity index (χ0n) is 12.7. The van der Waals surface area contributed by atoms with Crippen LogP contribution in [0.25, 0.3) is 10.9 Å². The van der Waals surface area contributed by atoms with E-state index in [0.29, 0.717) is 6.61 Å². The van der Waals surface area contributed by atoms with Gasteiger partial charge in [0, 0.05) is 35.4 Å². The van der Waals surface area contributed by atoms with Crippen LogP contribution < -0.4 is 4.90 Å². The number of pyridine rings is 1. The minimum atomic E-state index is 0.0629. The average Bonchev–Trinajstić information content (AvgIpc) is 2.62. The van der Waals surface area contributed by atoms with E-state index in [0.717, 1.165) is 29.2 Å². The van der Waals surface area contributed by atoms with Crippen molar-refractivity contribution in [2.75, 3.05) is 24.6 Å². The summed E-state index contributed by atoms with van der Waals surface area (Å²) < 4.78 is 5.97. The fraction of sp³-hybridized carbons (Fsp3) is 0.211. The number of benzene rings is 2. The molecule has 0 bridgehead atoms. The first-order chi connectivity index (χ1) is 11.3. The van der Waals surface area contributed by atoms with E-state index in [-0.39, 0.29) is 6.10 Å². The molecule has 1 atom stereocenters. The summed E-state index contributed by atoms with van der Waals surface area (Å²) in [5.41, 5.74) is 3.41. The Balaban J connectivity index is 1.65. The lowest BCUT2D eigenvalue weighted by molar-refractivity contribution is 0.0399. The molecule has 1 fully saturated rings. The Bertz CT molecular complexity index is 814. The molecule has 0 unspecified atom stereocenters. The second kappa shape index (κ2) is 6.19. The Morgan fingerprint density at radius 3 is 2.74 bits per heavy atom. The Hall–Kier alpha value is -2.10. The fourth-order valence-corrected chi connectivity index (χ4v) is 3.23. The largest absolute Gasteiger partial charge is 0.370 e. The minimum absolute atomic E-state index is 0.0629. The Morgan fingerprint density at radius 2 is 1.87 bits per heavy atom. The third-order valence-electron chi connectivity index (χ3n) is 4.27. The molecule has 0 radical (unpaired) electrons. The van der Waals surface area contributed by atoms with Crippen LogP contribution in [0.3, 0.4) is 0 Å². The number of hydrogen-bond acceptors (Lipinski definition) is 3. The number of nitrogens with zero attached hydrogens (tertiary/aromatic N) is 2. The van der Waals surface area contributed by atoms with Crippen molar-refractivity contribution < 1.29 is 4.74 Å². The van der Waals surface area contributed by atoms with E-state index in [9.17, 15) is 0 Å². The Kier molecular flexibility index (Phi) is 3.90. The van der Waals surface area contributed by atoms with Crippen LogP contribution in [0.2, 0.25) is 5.02 Å². The van der Waals surface area contributed by atoms with Gasteiger partial charge in [0.1, 0.15) is 6.10 Å². The molecule has 23 heavy (non-hydrogen) atoms. The first kappa shape index (κ1) is 14.5. The van der Waals surface area contributed by atoms with Crippen LogP contribution in [0.5, 0.6) is 0 Å². The lowest BCUT2D eigenvalue weighted by Gasteiger charge is -2.35. The second-order valence-electron chi connectivity index (χ2n) is 5.70. The maximum atomic E-state index is 5.98. The van der Waals surface area contributed by atoms with Crippen molar-refractivity contribution in [3.63, 3.8) is 0 Å². The van der Waals surface area contributed by atoms with E-state index < -0.39 is 0 Å². The standard InChI is InChI=1S/C19H17ClN2O/c20-15-7-5-14(6-8-15)19-13-22(11-12-23-19)18-9-10-21-17-4-2-1-3-16(17)18/h1-10,19H,11-13H2/t19-/m1/s1. The number of rotatable bonds is 2. The summed E-state index contributed by atoms with van der Waals surface area (Å²) in [4.78, 5) is 6.83. The van der Waals surface area contributed by atoms with Gasteiger partial charge in [-0.1, -0.05) is 41.9 Å². The van der Waals surface area contributed by atoms with Crippen LogP contribution in [-0.2, 0) is 4.74 Å². The number of aromatic nitrogens is 1. The molecular weight excluding hydrogens is 308 g/mol. The number of para-hydroxylation sites is 1. The molecule has 0 amide bonds. The molecule has 0 saturated carbocycles. The molecule has 1 aliphatic rings. The van der Waals surface area contributed by atoms with E-state index >= 15 is 0 Å². The first-order valence-electron chi connectivity index (χ1n) is 7.77. The molecule has 116 valence electrons. The van der Waals surface area contributed by atoms with Gasteiger partial charge < -0.3 is 9.64 Å². The van der Waals surface area contributed by atoms with Gasteiger partial charge in [-0.05, 0) is 29.8 Å². The van der Waals surface area contributed by atoms with Crippen molar-refractivity contribution in [3.8, 4) is 0 Å². The molecular formula is C19H17ClN2O. The predicted octanol–water partition coefficient (Wildman–Crippen LogP) is 4.47. The highest BCUT2D eigenvalue weighted by Crippen LogP contribution is 2.30. The van der Waals surface area contributed by atoms with Gasteiger partial charge >= 0.3 is 0 Å². The highest BCUT2D eigenvalue weighted by atomic mass is 35.5. The van der Waals surface area contributed by atoms with Gasteiger partial charge in [-0.25, -0.2) is 0 Å². The number of hydrogen-bond donors (Lipinski definition) is 0. The maximum absolute atomic E-state index is 5.98. The molecule has 2 heterocycles. The SMILES string of the molecule is Clc1ccc([C@H]2CN(c3ccnc4ccccc34)CCO2)cc1. The van der Waals surface area contributed by atoms with Crippen LogP contribution in [-0.4, -0.2) is 24.7 Å². The zero-order chi connectivity index (χ0) is 15.6. The van der Waals surface area contributed by atoms with Crippen LogP contribution >= 0.6 is 11.6 Å². The molecule has 1 saturated heterocycles. The van der Waals surface area contributed by atoms with Gasteiger partial charge in [0.15, 0.2) is 0 Å². The van der Waals surface area contributed by atoms with Crippen LogP contribution in [0.1, 0.15) is 11.7 Å². The van der Waals surface area contributed by atoms with Crippen molar-refractivity contribution in [3.05, 3.63) is 71.4 Å². The Morgan fingerprint density at radius 1 is 1.04 bits per heavy atom. The topological polar surface area (TPSA) is 25.4 Å². The number of ether oxygens (including phenoxy) is 1. The molecule has 0 N–H and O–H groups in total. The van der Waals surface area contributed by atoms with Crippen LogP contribution in [0.15, 0.2) is 60.8 Å². The zero-order valence-corrected chi connectivity index (χ0v) is 13.4. The summed E-state index contributed by atoms with van der Waals surface area (Å²) in [7, 11) is 0. The van der Waals surface area contributed by atoms with Crippen LogP contribution in [0.4, 0.5) is 5.69 Å². The highest BCUT2D eigenvalue weighted by Gasteiger charge is 2.23. The number of halogens is 1. The predicted molar refractivity (Wildman–Crippen MR) is 94.1 cm³/mol. The van der Waals surface area contributed by atoms with Crippen LogP contribution in [0, 0.1) is 0 Å². The molecule has 0 aliphatic carbocycles. The van der Waals surface area contributed by atoms with Crippen molar-refractivity contribution >= 4 is 28.2 Å². The van der Waals surface area contributed by atoms with Crippen molar-refractivity contribution in [2.45, 2.75) is 6.10 Å². The lowest BCUT2D eigenvalue weighted by atomic mass is 10.1. The molecule has 1 aromatic heterocycles. The summed E-state index contributed by atoms with van der Waals surface area (Å²) in [6.45, 7) is 2.43. The Labute approximate surface area is 140 Å². The van der Waals surface area contributed by atoms with E-state index in [4.69, 9.17) is 16.3 Å². The molecule has 3 nitrogen and oxygen atoms in total. The van der Waals surface area contributed by atoms with Gasteiger partial charge in [-0.15, -0.1) is 0 Å². The van der Waals surface area contributed by atoms with E-state index in [2.05, 4.69) is 34.1 Å². The van der Waals surface area contributed by atoms with Gasteiger partial charge in [0.2, 0.25) is 0 Å². The second-order valence-corrected chi connectivity index (χ2v) is 6.14. The first-order valence-corrected chi connectivity index (χ1v) is 8.15. The number of fused-ring (bicyclic) bond motifs is 1. The van der Waals surface area contributed by atoms with Gasteiger partial charge in [0.05, 0.1) is 12.1 Å². The lowest BCUT2D eigenvalue weighted by Crippen LogP contribution is -2.38. The van der Waals surface area contributed by atoms with E-state index in [1.807, 2.05) is 36.5 Å². The van der Waals surface area contributed by atoms with Gasteiger partial charge in [-0.2, -0.15) is 0 Å². The van der Waals surface area contributed by atoms with E-state index in [1.165, 1.54) is 11.1 Å². The molecule has 0 spiro atoms. The number of morpholine rings is 1. The van der Waals surface area contributed by atoms with Gasteiger partial charge in [0.25, 0.3) is 0 Å². The molecule has 1 aliphatic heterocycles. The van der Waals surface area contributed by atoms with Crippen molar-refractivity contribution in [1.29, 1.82) is 0 Å². The summed E-state index contributed by atoms with van der Waals surface area (Å²) in [5, 5.41) is 1.94. The monoisotopic (exact) mass is 324 g/mol. The molecule has 4 rings (SSSR count). The minimum Gasteiger partial charge on any atom is -0.370 e. The molecule has 3 aromatic rings. The third-order valence-corrected chi connectivity index (χ3v) is 4.53. The third kappa shape index (κ3) is 2.90. The smallest absolute Gasteiger partial charge is 0.100 e. The van der Waals surface area contributed by atoms with Gasteiger partial charge in [-0.3, -0.25) is 4.98 Å². The fourth-order valence-electron chi connectivity index (χ4n) is 3.10. The van der Waals surface area contributed by atoms with E-state index in [1.54, 1.807) is 0 Å². The summed E-state index contributed by atoms with van der Waals surface area (Å²) in [5.74, 6) is 0. The number of anilines is 1. The van der Waals surface area contributed by atoms with Crippen molar-refractivity contribution in [1.82, 2.24) is 4.98 Å². The molecule has 2 aromatic carbocycles. The molecule has 4 heteroatoms. The average molecular weight is 325 g/mol. The van der Waals surface area contributed by atoms with Crippen molar-refractivity contribution in [2.24, 2.45) is 0 Å². The normalized spacial score (nSPS) is 18.3.